The van der Waals surface area contributed by atoms with Gasteiger partial charge in [0.25, 0.3) is 0 Å². The van der Waals surface area contributed by atoms with Gasteiger partial charge >= 0.3 is 0 Å². The molecule has 1 saturated carbocycles. The van der Waals surface area contributed by atoms with Gasteiger partial charge in [-0.1, -0.05) is 38.1 Å². The van der Waals surface area contributed by atoms with E-state index < -0.39 is 0 Å². The minimum Gasteiger partial charge on any atom is -0.314 e. The van der Waals surface area contributed by atoms with Crippen molar-refractivity contribution in [2.75, 3.05) is 6.54 Å². The van der Waals surface area contributed by atoms with Gasteiger partial charge in [0.2, 0.25) is 0 Å². The molecule has 17 heavy (non-hydrogen) atoms. The Morgan fingerprint density at radius 3 is 2.82 bits per heavy atom. The Kier molecular flexibility index (Phi) is 2.74. The van der Waals surface area contributed by atoms with E-state index in [9.17, 15) is 0 Å². The molecule has 92 valence electrons. The molecule has 0 amide bonds. The van der Waals surface area contributed by atoms with Gasteiger partial charge in [-0.3, -0.25) is 0 Å². The van der Waals surface area contributed by atoms with Crippen LogP contribution in [0, 0.1) is 11.3 Å². The highest BCUT2D eigenvalue weighted by atomic mass is 14.9. The summed E-state index contributed by atoms with van der Waals surface area (Å²) in [7, 11) is 0. The summed E-state index contributed by atoms with van der Waals surface area (Å²) in [5.74, 6) is 0.929. The Morgan fingerprint density at radius 2 is 2.06 bits per heavy atom. The van der Waals surface area contributed by atoms with E-state index in [2.05, 4.69) is 43.4 Å². The maximum absolute atomic E-state index is 3.60. The molecule has 2 atom stereocenters. The van der Waals surface area contributed by atoms with Crippen molar-refractivity contribution in [1.29, 1.82) is 0 Å². The zero-order chi connectivity index (χ0) is 11.9. The molecule has 1 aromatic carbocycles. The molecule has 0 saturated heterocycles. The SMILES string of the molecule is CC(C)NCC1CC12CCc1ccccc1C2. The summed E-state index contributed by atoms with van der Waals surface area (Å²) in [4.78, 5) is 0. The van der Waals surface area contributed by atoms with E-state index in [-0.39, 0.29) is 0 Å². The summed E-state index contributed by atoms with van der Waals surface area (Å²) in [6.07, 6.45) is 5.48. The summed E-state index contributed by atoms with van der Waals surface area (Å²) in [6.45, 7) is 5.70. The van der Waals surface area contributed by atoms with Crippen LogP contribution in [0.1, 0.15) is 37.8 Å². The van der Waals surface area contributed by atoms with Crippen LogP contribution in [0.5, 0.6) is 0 Å². The fourth-order valence-electron chi connectivity index (χ4n) is 3.45. The standard InChI is InChI=1S/C16H23N/c1-12(2)17-11-15-10-16(15)8-7-13-5-3-4-6-14(13)9-16/h3-6,12,15,17H,7-11H2,1-2H3. The average Bonchev–Trinajstić information content (AvgIpc) is 2.99. The highest BCUT2D eigenvalue weighted by Crippen LogP contribution is 2.59. The Balaban J connectivity index is 1.65. The van der Waals surface area contributed by atoms with Crippen LogP contribution < -0.4 is 5.32 Å². The molecule has 1 N–H and O–H groups in total. The molecule has 0 radical (unpaired) electrons. The summed E-state index contributed by atoms with van der Waals surface area (Å²) < 4.78 is 0. The van der Waals surface area contributed by atoms with E-state index >= 15 is 0 Å². The lowest BCUT2D eigenvalue weighted by molar-refractivity contribution is 0.379. The third-order valence-electron chi connectivity index (χ3n) is 4.68. The largest absolute Gasteiger partial charge is 0.314 e. The van der Waals surface area contributed by atoms with Crippen LogP contribution in [0.2, 0.25) is 0 Å². The predicted octanol–water partition coefficient (Wildman–Crippen LogP) is 3.18. The van der Waals surface area contributed by atoms with Crippen LogP contribution in [0.4, 0.5) is 0 Å². The molecule has 1 fully saturated rings. The molecule has 2 aliphatic rings. The molecule has 0 bridgehead atoms. The van der Waals surface area contributed by atoms with Gasteiger partial charge in [0, 0.05) is 6.04 Å². The lowest BCUT2D eigenvalue weighted by atomic mass is 9.80. The van der Waals surface area contributed by atoms with Crippen molar-refractivity contribution in [1.82, 2.24) is 5.32 Å². The van der Waals surface area contributed by atoms with Gasteiger partial charge in [0.05, 0.1) is 0 Å². The van der Waals surface area contributed by atoms with Crippen LogP contribution >= 0.6 is 0 Å². The van der Waals surface area contributed by atoms with Gasteiger partial charge in [0.15, 0.2) is 0 Å². The summed E-state index contributed by atoms with van der Waals surface area (Å²) in [6, 6.07) is 9.65. The number of aryl methyl sites for hydroxylation is 1. The van der Waals surface area contributed by atoms with Gasteiger partial charge in [-0.25, -0.2) is 0 Å². The summed E-state index contributed by atoms with van der Waals surface area (Å²) in [5.41, 5.74) is 3.88. The molecule has 2 unspecified atom stereocenters. The molecule has 3 rings (SSSR count). The number of hydrogen-bond acceptors (Lipinski definition) is 1. The van der Waals surface area contributed by atoms with Crippen LogP contribution in [0.15, 0.2) is 24.3 Å². The molecule has 1 spiro atoms. The van der Waals surface area contributed by atoms with E-state index in [1.807, 2.05) is 0 Å². The Morgan fingerprint density at radius 1 is 1.29 bits per heavy atom. The van der Waals surface area contributed by atoms with Crippen molar-refractivity contribution in [3.8, 4) is 0 Å². The molecule has 0 aliphatic heterocycles. The smallest absolute Gasteiger partial charge is 0.00104 e. The number of hydrogen-bond donors (Lipinski definition) is 1. The minimum atomic E-state index is 0.628. The lowest BCUT2D eigenvalue weighted by Gasteiger charge is -2.26. The monoisotopic (exact) mass is 229 g/mol. The zero-order valence-corrected chi connectivity index (χ0v) is 11.0. The van der Waals surface area contributed by atoms with Crippen LogP contribution in [0.3, 0.4) is 0 Å². The van der Waals surface area contributed by atoms with Crippen molar-refractivity contribution >= 4 is 0 Å². The molecule has 2 aliphatic carbocycles. The van der Waals surface area contributed by atoms with Gasteiger partial charge in [0.1, 0.15) is 0 Å². The van der Waals surface area contributed by atoms with Crippen molar-refractivity contribution in [3.63, 3.8) is 0 Å². The van der Waals surface area contributed by atoms with E-state index in [1.165, 1.54) is 32.2 Å². The molecular weight excluding hydrogens is 206 g/mol. The van der Waals surface area contributed by atoms with Gasteiger partial charge in [-0.15, -0.1) is 0 Å². The second-order valence-electron chi connectivity index (χ2n) is 6.27. The van der Waals surface area contributed by atoms with Crippen molar-refractivity contribution in [3.05, 3.63) is 35.4 Å². The normalized spacial score (nSPS) is 30.6. The second-order valence-corrected chi connectivity index (χ2v) is 6.27. The van der Waals surface area contributed by atoms with Crippen molar-refractivity contribution in [2.24, 2.45) is 11.3 Å². The topological polar surface area (TPSA) is 12.0 Å². The van der Waals surface area contributed by atoms with E-state index in [0.29, 0.717) is 11.5 Å². The van der Waals surface area contributed by atoms with E-state index in [0.717, 1.165) is 5.92 Å². The Labute approximate surface area is 105 Å². The van der Waals surface area contributed by atoms with Crippen molar-refractivity contribution < 1.29 is 0 Å². The molecule has 1 heteroatoms. The molecule has 1 aromatic rings. The average molecular weight is 229 g/mol. The fourth-order valence-corrected chi connectivity index (χ4v) is 3.45. The lowest BCUT2D eigenvalue weighted by Crippen LogP contribution is -2.28. The summed E-state index contributed by atoms with van der Waals surface area (Å²) in [5, 5.41) is 3.60. The zero-order valence-electron chi connectivity index (χ0n) is 11.0. The maximum Gasteiger partial charge on any atom is 0.00104 e. The van der Waals surface area contributed by atoms with Crippen LogP contribution in [-0.4, -0.2) is 12.6 Å². The quantitative estimate of drug-likeness (QED) is 0.839. The van der Waals surface area contributed by atoms with E-state index in [4.69, 9.17) is 0 Å². The highest BCUT2D eigenvalue weighted by Gasteiger charge is 2.54. The van der Waals surface area contributed by atoms with Gasteiger partial charge in [-0.2, -0.15) is 0 Å². The van der Waals surface area contributed by atoms with Gasteiger partial charge < -0.3 is 5.32 Å². The van der Waals surface area contributed by atoms with Crippen molar-refractivity contribution in [2.45, 2.75) is 45.6 Å². The first-order valence-electron chi connectivity index (χ1n) is 7.00. The fraction of sp³-hybridized carbons (Fsp3) is 0.625. The second kappa shape index (κ2) is 4.13. The minimum absolute atomic E-state index is 0.628. The number of nitrogens with one attached hydrogen (secondary N) is 1. The first kappa shape index (κ1) is 11.3. The Hall–Kier alpha value is -0.820. The first-order valence-corrected chi connectivity index (χ1v) is 7.00. The predicted molar refractivity (Wildman–Crippen MR) is 72.1 cm³/mol. The molecule has 0 heterocycles. The van der Waals surface area contributed by atoms with Crippen LogP contribution in [0.25, 0.3) is 0 Å². The third kappa shape index (κ3) is 2.13. The summed E-state index contributed by atoms with van der Waals surface area (Å²) >= 11 is 0. The van der Waals surface area contributed by atoms with Gasteiger partial charge in [-0.05, 0) is 54.7 Å². The maximum atomic E-state index is 3.60. The number of rotatable bonds is 3. The molecular formula is C16H23N. The molecule has 0 aromatic heterocycles. The third-order valence-corrected chi connectivity index (χ3v) is 4.68. The number of benzene rings is 1. The highest BCUT2D eigenvalue weighted by molar-refractivity contribution is 5.33. The molecule has 1 nitrogen and oxygen atoms in total. The number of fused-ring (bicyclic) bond motifs is 1. The van der Waals surface area contributed by atoms with Crippen LogP contribution in [-0.2, 0) is 12.8 Å². The Bertz CT molecular complexity index is 410. The van der Waals surface area contributed by atoms with E-state index in [1.54, 1.807) is 11.1 Å². The first-order chi connectivity index (χ1) is 8.20.